The van der Waals surface area contributed by atoms with Crippen LogP contribution >= 0.6 is 0 Å². The van der Waals surface area contributed by atoms with E-state index >= 15 is 0 Å². The number of rotatable bonds is 2. The Morgan fingerprint density at radius 3 is 3.00 bits per heavy atom. The smallest absolute Gasteiger partial charge is 0.0612 e. The number of piperidine rings is 1. The minimum absolute atomic E-state index is 0.159. The fourth-order valence-corrected chi connectivity index (χ4v) is 1.55. The lowest BCUT2D eigenvalue weighted by Crippen LogP contribution is -2.39. The highest BCUT2D eigenvalue weighted by Crippen LogP contribution is 2.12. The van der Waals surface area contributed by atoms with Gasteiger partial charge in [-0.2, -0.15) is 0 Å². The van der Waals surface area contributed by atoms with Crippen molar-refractivity contribution in [2.24, 2.45) is 0 Å². The largest absolute Gasteiger partial charge is 0.392 e. The molecule has 0 amide bonds. The van der Waals surface area contributed by atoms with Crippen LogP contribution < -0.4 is 5.32 Å². The second-order valence-electron chi connectivity index (χ2n) is 3.22. The molecule has 0 aromatic rings. The Bertz CT molecular complexity index is 134. The van der Waals surface area contributed by atoms with Crippen molar-refractivity contribution >= 4 is 0 Å². The van der Waals surface area contributed by atoms with E-state index in [1.54, 1.807) is 0 Å². The molecule has 0 radical (unpaired) electrons. The summed E-state index contributed by atoms with van der Waals surface area (Å²) in [4.78, 5) is 0. The minimum atomic E-state index is 0.159. The average Bonchev–Trinajstić information content (AvgIpc) is 2.01. The van der Waals surface area contributed by atoms with Crippen molar-refractivity contribution in [1.29, 1.82) is 0 Å². The zero-order chi connectivity index (χ0) is 8.10. The average molecular weight is 155 g/mol. The summed E-state index contributed by atoms with van der Waals surface area (Å²) in [6.07, 6.45) is 7.67. The Morgan fingerprint density at radius 2 is 2.36 bits per heavy atom. The molecule has 2 unspecified atom stereocenters. The Hall–Kier alpha value is -0.340. The van der Waals surface area contributed by atoms with Crippen molar-refractivity contribution in [3.63, 3.8) is 0 Å². The summed E-state index contributed by atoms with van der Waals surface area (Å²) in [5, 5.41) is 12.0. The van der Waals surface area contributed by atoms with Crippen molar-refractivity contribution < 1.29 is 5.11 Å². The molecule has 1 fully saturated rings. The maximum atomic E-state index is 8.55. The molecule has 1 rings (SSSR count). The van der Waals surface area contributed by atoms with Gasteiger partial charge in [-0.1, -0.05) is 18.6 Å². The predicted octanol–water partition coefficient (Wildman–Crippen LogP) is 1.07. The van der Waals surface area contributed by atoms with Crippen LogP contribution in [0.4, 0.5) is 0 Å². The van der Waals surface area contributed by atoms with E-state index in [0.717, 1.165) is 0 Å². The Kier molecular flexibility index (Phi) is 3.60. The van der Waals surface area contributed by atoms with Crippen LogP contribution in [0.5, 0.6) is 0 Å². The molecule has 0 spiro atoms. The number of hydrogen-bond donors (Lipinski definition) is 2. The van der Waals surface area contributed by atoms with Crippen LogP contribution in [0.3, 0.4) is 0 Å². The van der Waals surface area contributed by atoms with Gasteiger partial charge in [0.1, 0.15) is 0 Å². The van der Waals surface area contributed by atoms with Gasteiger partial charge in [0.2, 0.25) is 0 Å². The van der Waals surface area contributed by atoms with Crippen LogP contribution in [0.2, 0.25) is 0 Å². The summed E-state index contributed by atoms with van der Waals surface area (Å²) in [7, 11) is 0. The summed E-state index contributed by atoms with van der Waals surface area (Å²) >= 11 is 0. The molecule has 11 heavy (non-hydrogen) atoms. The molecule has 0 bridgehead atoms. The van der Waals surface area contributed by atoms with Gasteiger partial charge in [0.05, 0.1) is 6.61 Å². The van der Waals surface area contributed by atoms with E-state index in [-0.39, 0.29) is 6.61 Å². The highest BCUT2D eigenvalue weighted by atomic mass is 16.2. The van der Waals surface area contributed by atoms with Gasteiger partial charge in [0, 0.05) is 12.1 Å². The van der Waals surface area contributed by atoms with Gasteiger partial charge in [-0.05, 0) is 19.8 Å². The summed E-state index contributed by atoms with van der Waals surface area (Å²) < 4.78 is 0. The molecule has 1 heterocycles. The van der Waals surface area contributed by atoms with Gasteiger partial charge in [-0.25, -0.2) is 0 Å². The second kappa shape index (κ2) is 4.52. The molecule has 1 saturated heterocycles. The van der Waals surface area contributed by atoms with Crippen LogP contribution in [0.25, 0.3) is 0 Å². The SMILES string of the molecule is CC1CCCC(/C=C/CO)N1. The van der Waals surface area contributed by atoms with Crippen LogP contribution in [-0.2, 0) is 0 Å². The van der Waals surface area contributed by atoms with Gasteiger partial charge < -0.3 is 10.4 Å². The van der Waals surface area contributed by atoms with E-state index < -0.39 is 0 Å². The number of aliphatic hydroxyl groups excluding tert-OH is 1. The van der Waals surface area contributed by atoms with Crippen molar-refractivity contribution in [3.05, 3.63) is 12.2 Å². The zero-order valence-electron chi connectivity index (χ0n) is 7.09. The van der Waals surface area contributed by atoms with E-state index in [2.05, 4.69) is 18.3 Å². The molecule has 0 aliphatic carbocycles. The maximum Gasteiger partial charge on any atom is 0.0612 e. The van der Waals surface area contributed by atoms with Crippen molar-refractivity contribution in [1.82, 2.24) is 5.32 Å². The van der Waals surface area contributed by atoms with Crippen molar-refractivity contribution in [2.45, 2.75) is 38.3 Å². The molecule has 2 nitrogen and oxygen atoms in total. The molecule has 2 atom stereocenters. The highest BCUT2D eigenvalue weighted by Gasteiger charge is 2.14. The van der Waals surface area contributed by atoms with Crippen LogP contribution in [0, 0.1) is 0 Å². The third-order valence-corrected chi connectivity index (χ3v) is 2.12. The van der Waals surface area contributed by atoms with Crippen LogP contribution in [-0.4, -0.2) is 23.8 Å². The molecule has 0 aromatic carbocycles. The fourth-order valence-electron chi connectivity index (χ4n) is 1.55. The predicted molar refractivity (Wildman–Crippen MR) is 46.5 cm³/mol. The maximum absolute atomic E-state index is 8.55. The van der Waals surface area contributed by atoms with E-state index in [4.69, 9.17) is 5.11 Å². The number of hydrogen-bond acceptors (Lipinski definition) is 2. The fraction of sp³-hybridized carbons (Fsp3) is 0.778. The van der Waals surface area contributed by atoms with Gasteiger partial charge in [-0.15, -0.1) is 0 Å². The second-order valence-corrected chi connectivity index (χ2v) is 3.22. The van der Waals surface area contributed by atoms with Gasteiger partial charge in [-0.3, -0.25) is 0 Å². The Morgan fingerprint density at radius 1 is 1.55 bits per heavy atom. The van der Waals surface area contributed by atoms with Crippen LogP contribution in [0.15, 0.2) is 12.2 Å². The first kappa shape index (κ1) is 8.75. The van der Waals surface area contributed by atoms with E-state index in [1.165, 1.54) is 19.3 Å². The third kappa shape index (κ3) is 3.04. The Balaban J connectivity index is 2.28. The van der Waals surface area contributed by atoms with Crippen LogP contribution in [0.1, 0.15) is 26.2 Å². The summed E-state index contributed by atoms with van der Waals surface area (Å²) in [6, 6.07) is 1.13. The van der Waals surface area contributed by atoms with Gasteiger partial charge >= 0.3 is 0 Å². The first-order valence-corrected chi connectivity index (χ1v) is 4.36. The molecular weight excluding hydrogens is 138 g/mol. The summed E-state index contributed by atoms with van der Waals surface area (Å²) in [5.74, 6) is 0. The third-order valence-electron chi connectivity index (χ3n) is 2.12. The van der Waals surface area contributed by atoms with E-state index in [0.29, 0.717) is 12.1 Å². The number of aliphatic hydroxyl groups is 1. The number of nitrogens with one attached hydrogen (secondary N) is 1. The molecule has 2 heteroatoms. The lowest BCUT2D eigenvalue weighted by atomic mass is 9.99. The molecule has 1 aliphatic heterocycles. The van der Waals surface area contributed by atoms with Gasteiger partial charge in [0.25, 0.3) is 0 Å². The molecular formula is C9H17NO. The topological polar surface area (TPSA) is 32.3 Å². The first-order chi connectivity index (χ1) is 5.33. The van der Waals surface area contributed by atoms with E-state index in [1.807, 2.05) is 6.08 Å². The first-order valence-electron chi connectivity index (χ1n) is 4.36. The quantitative estimate of drug-likeness (QED) is 0.584. The Labute approximate surface area is 68.3 Å². The lowest BCUT2D eigenvalue weighted by Gasteiger charge is -2.26. The summed E-state index contributed by atoms with van der Waals surface area (Å²) in [5.41, 5.74) is 0. The highest BCUT2D eigenvalue weighted by molar-refractivity contribution is 4.95. The van der Waals surface area contributed by atoms with Crippen molar-refractivity contribution in [2.75, 3.05) is 6.61 Å². The molecule has 0 aromatic heterocycles. The summed E-state index contributed by atoms with van der Waals surface area (Å²) in [6.45, 7) is 2.37. The van der Waals surface area contributed by atoms with Crippen molar-refractivity contribution in [3.8, 4) is 0 Å². The van der Waals surface area contributed by atoms with E-state index in [9.17, 15) is 0 Å². The minimum Gasteiger partial charge on any atom is -0.392 e. The molecule has 2 N–H and O–H groups in total. The molecule has 0 saturated carbocycles. The standard InChI is InChI=1S/C9H17NO/c1-8-4-2-5-9(10-8)6-3-7-11/h3,6,8-11H,2,4-5,7H2,1H3/b6-3+. The van der Waals surface area contributed by atoms with Gasteiger partial charge in [0.15, 0.2) is 0 Å². The lowest BCUT2D eigenvalue weighted by molar-refractivity contribution is 0.338. The normalized spacial score (nSPS) is 32.9. The zero-order valence-corrected chi connectivity index (χ0v) is 7.09. The monoisotopic (exact) mass is 155 g/mol. The molecule has 64 valence electrons. The molecule has 1 aliphatic rings.